The minimum atomic E-state index is -0.461. The number of carbonyl (C=O) groups excluding carboxylic acids is 1. The van der Waals surface area contributed by atoms with E-state index in [0.717, 1.165) is 0 Å². The minimum absolute atomic E-state index is 0.00994. The second-order valence-electron chi connectivity index (χ2n) is 4.72. The molecular formula is C13H16BrFN2O2. The van der Waals surface area contributed by atoms with Gasteiger partial charge in [0.1, 0.15) is 5.82 Å². The van der Waals surface area contributed by atoms with Crippen LogP contribution in [0.15, 0.2) is 22.7 Å². The van der Waals surface area contributed by atoms with E-state index in [0.29, 0.717) is 17.6 Å². The summed E-state index contributed by atoms with van der Waals surface area (Å²) in [5, 5.41) is 2.58. The Labute approximate surface area is 120 Å². The van der Waals surface area contributed by atoms with Crippen LogP contribution in [0.2, 0.25) is 0 Å². The summed E-state index contributed by atoms with van der Waals surface area (Å²) in [6.45, 7) is 4.84. The lowest BCUT2D eigenvalue weighted by molar-refractivity contribution is -0.0530. The van der Waals surface area contributed by atoms with E-state index in [1.54, 1.807) is 11.0 Å². The number of hydrogen-bond donors (Lipinski definition) is 1. The van der Waals surface area contributed by atoms with Gasteiger partial charge in [-0.1, -0.05) is 15.9 Å². The highest BCUT2D eigenvalue weighted by atomic mass is 79.9. The Hall–Kier alpha value is -1.14. The van der Waals surface area contributed by atoms with Crippen LogP contribution in [0.5, 0.6) is 0 Å². The van der Waals surface area contributed by atoms with Crippen LogP contribution >= 0.6 is 15.9 Å². The lowest BCUT2D eigenvalue weighted by Gasteiger charge is -2.35. The number of rotatable bonds is 1. The van der Waals surface area contributed by atoms with Gasteiger partial charge in [-0.2, -0.15) is 0 Å². The van der Waals surface area contributed by atoms with Crippen LogP contribution in [-0.4, -0.2) is 36.2 Å². The van der Waals surface area contributed by atoms with Crippen molar-refractivity contribution in [3.8, 4) is 0 Å². The predicted octanol–water partition coefficient (Wildman–Crippen LogP) is 3.23. The van der Waals surface area contributed by atoms with Gasteiger partial charge >= 0.3 is 6.03 Å². The standard InChI is InChI=1S/C13H16BrFN2O2/c1-8-6-17(7-9(2)19-8)13(18)16-12-4-3-10(14)5-11(12)15/h3-5,8-9H,6-7H2,1-2H3,(H,16,18)/t8-,9-/m0/s1. The van der Waals surface area contributed by atoms with Crippen molar-refractivity contribution in [2.75, 3.05) is 18.4 Å². The molecule has 2 atom stereocenters. The van der Waals surface area contributed by atoms with Crippen molar-refractivity contribution in [3.63, 3.8) is 0 Å². The van der Waals surface area contributed by atoms with Crippen molar-refractivity contribution in [2.24, 2.45) is 0 Å². The van der Waals surface area contributed by atoms with Gasteiger partial charge in [-0.05, 0) is 32.0 Å². The van der Waals surface area contributed by atoms with Crippen molar-refractivity contribution in [3.05, 3.63) is 28.5 Å². The zero-order valence-corrected chi connectivity index (χ0v) is 12.4. The molecule has 19 heavy (non-hydrogen) atoms. The minimum Gasteiger partial charge on any atom is -0.372 e. The molecule has 1 aliphatic heterocycles. The van der Waals surface area contributed by atoms with Gasteiger partial charge in [0.05, 0.1) is 17.9 Å². The van der Waals surface area contributed by atoms with E-state index in [4.69, 9.17) is 4.74 Å². The van der Waals surface area contributed by atoms with Crippen LogP contribution in [-0.2, 0) is 4.74 Å². The molecule has 1 saturated heterocycles. The number of morpholine rings is 1. The molecule has 1 fully saturated rings. The van der Waals surface area contributed by atoms with Crippen molar-refractivity contribution in [1.29, 1.82) is 0 Å². The summed E-state index contributed by atoms with van der Waals surface area (Å²) in [6, 6.07) is 4.23. The lowest BCUT2D eigenvalue weighted by Crippen LogP contribution is -2.49. The number of benzene rings is 1. The highest BCUT2D eigenvalue weighted by Crippen LogP contribution is 2.20. The third-order valence-corrected chi connectivity index (χ3v) is 3.37. The summed E-state index contributed by atoms with van der Waals surface area (Å²) < 4.78 is 19.8. The Kier molecular flexibility index (Phi) is 4.42. The van der Waals surface area contributed by atoms with E-state index < -0.39 is 5.82 Å². The number of hydrogen-bond acceptors (Lipinski definition) is 2. The molecule has 0 aromatic heterocycles. The molecule has 1 aromatic carbocycles. The molecule has 6 heteroatoms. The van der Waals surface area contributed by atoms with Crippen LogP contribution in [0, 0.1) is 5.82 Å². The molecule has 0 saturated carbocycles. The molecule has 0 radical (unpaired) electrons. The fourth-order valence-electron chi connectivity index (χ4n) is 2.13. The van der Waals surface area contributed by atoms with E-state index in [1.807, 2.05) is 13.8 Å². The van der Waals surface area contributed by atoms with Crippen molar-refractivity contribution >= 4 is 27.6 Å². The summed E-state index contributed by atoms with van der Waals surface area (Å²) in [7, 11) is 0. The van der Waals surface area contributed by atoms with Gasteiger partial charge < -0.3 is 15.0 Å². The van der Waals surface area contributed by atoms with Gasteiger partial charge in [-0.3, -0.25) is 0 Å². The second-order valence-corrected chi connectivity index (χ2v) is 5.63. The van der Waals surface area contributed by atoms with E-state index in [9.17, 15) is 9.18 Å². The first kappa shape index (κ1) is 14.3. The quantitative estimate of drug-likeness (QED) is 0.858. The monoisotopic (exact) mass is 330 g/mol. The fourth-order valence-corrected chi connectivity index (χ4v) is 2.46. The predicted molar refractivity (Wildman–Crippen MR) is 74.7 cm³/mol. The number of nitrogens with zero attached hydrogens (tertiary/aromatic N) is 1. The fraction of sp³-hybridized carbons (Fsp3) is 0.462. The lowest BCUT2D eigenvalue weighted by atomic mass is 10.2. The first-order chi connectivity index (χ1) is 8.95. The SMILES string of the molecule is C[C@H]1CN(C(=O)Nc2ccc(Br)cc2F)C[C@H](C)O1. The molecule has 1 aromatic rings. The average molecular weight is 331 g/mol. The van der Waals surface area contributed by atoms with Crippen LogP contribution < -0.4 is 5.32 Å². The number of amides is 2. The van der Waals surface area contributed by atoms with Crippen molar-refractivity contribution in [1.82, 2.24) is 4.90 Å². The number of ether oxygens (including phenoxy) is 1. The van der Waals surface area contributed by atoms with Gasteiger partial charge in [0.2, 0.25) is 0 Å². The van der Waals surface area contributed by atoms with Crippen molar-refractivity contribution in [2.45, 2.75) is 26.1 Å². The normalized spacial score (nSPS) is 23.3. The van der Waals surface area contributed by atoms with E-state index >= 15 is 0 Å². The largest absolute Gasteiger partial charge is 0.372 e. The molecule has 1 N–H and O–H groups in total. The molecule has 4 nitrogen and oxygen atoms in total. The van der Waals surface area contributed by atoms with Gasteiger partial charge in [-0.25, -0.2) is 9.18 Å². The molecule has 104 valence electrons. The second kappa shape index (κ2) is 5.88. The highest BCUT2D eigenvalue weighted by Gasteiger charge is 2.26. The molecule has 2 amide bonds. The maximum atomic E-state index is 13.6. The Balaban J connectivity index is 2.04. The summed E-state index contributed by atoms with van der Waals surface area (Å²) in [5.41, 5.74) is 0.181. The van der Waals surface area contributed by atoms with Gasteiger partial charge in [0.15, 0.2) is 0 Å². The number of halogens is 2. The Morgan fingerprint density at radius 3 is 2.63 bits per heavy atom. The van der Waals surface area contributed by atoms with Crippen molar-refractivity contribution < 1.29 is 13.9 Å². The zero-order chi connectivity index (χ0) is 14.0. The topological polar surface area (TPSA) is 41.6 Å². The molecule has 2 rings (SSSR count). The number of carbonyl (C=O) groups is 1. The van der Waals surface area contributed by atoms with Crippen LogP contribution in [0.4, 0.5) is 14.9 Å². The number of nitrogens with one attached hydrogen (secondary N) is 1. The van der Waals surface area contributed by atoms with Gasteiger partial charge in [0, 0.05) is 17.6 Å². The maximum Gasteiger partial charge on any atom is 0.322 e. The molecular weight excluding hydrogens is 315 g/mol. The Morgan fingerprint density at radius 2 is 2.05 bits per heavy atom. The van der Waals surface area contributed by atoms with Crippen LogP contribution in [0.3, 0.4) is 0 Å². The number of urea groups is 1. The highest BCUT2D eigenvalue weighted by molar-refractivity contribution is 9.10. The first-order valence-electron chi connectivity index (χ1n) is 6.12. The third-order valence-electron chi connectivity index (χ3n) is 2.88. The van der Waals surface area contributed by atoms with Gasteiger partial charge in [-0.15, -0.1) is 0 Å². The summed E-state index contributed by atoms with van der Waals surface area (Å²) in [4.78, 5) is 13.7. The molecule has 0 unspecified atom stereocenters. The van der Waals surface area contributed by atoms with E-state index in [2.05, 4.69) is 21.2 Å². The molecule has 1 aliphatic rings. The molecule has 0 bridgehead atoms. The summed E-state index contributed by atoms with van der Waals surface area (Å²) in [6.07, 6.45) is -0.0199. The zero-order valence-electron chi connectivity index (χ0n) is 10.8. The first-order valence-corrected chi connectivity index (χ1v) is 6.91. The third kappa shape index (κ3) is 3.67. The Morgan fingerprint density at radius 1 is 1.42 bits per heavy atom. The van der Waals surface area contributed by atoms with E-state index in [1.165, 1.54) is 12.1 Å². The van der Waals surface area contributed by atoms with E-state index in [-0.39, 0.29) is 23.9 Å². The molecule has 1 heterocycles. The average Bonchev–Trinajstić information content (AvgIpc) is 2.31. The van der Waals surface area contributed by atoms with Crippen LogP contribution in [0.1, 0.15) is 13.8 Å². The maximum absolute atomic E-state index is 13.6. The van der Waals surface area contributed by atoms with Gasteiger partial charge in [0.25, 0.3) is 0 Å². The smallest absolute Gasteiger partial charge is 0.322 e. The molecule has 0 spiro atoms. The van der Waals surface area contributed by atoms with Crippen LogP contribution in [0.25, 0.3) is 0 Å². The summed E-state index contributed by atoms with van der Waals surface area (Å²) >= 11 is 3.18. The molecule has 0 aliphatic carbocycles. The number of anilines is 1. The summed E-state index contributed by atoms with van der Waals surface area (Å²) in [5.74, 6) is -0.461. The Bertz CT molecular complexity index is 474.